The molecule has 0 aromatic heterocycles. The monoisotopic (exact) mass is 416 g/mol. The van der Waals surface area contributed by atoms with Crippen LogP contribution in [-0.4, -0.2) is 24.2 Å². The van der Waals surface area contributed by atoms with Gasteiger partial charge < -0.3 is 4.74 Å². The van der Waals surface area contributed by atoms with Gasteiger partial charge in [0.25, 0.3) is 5.91 Å². The molecule has 3 rings (SSSR count). The molecule has 3 aromatic rings. The van der Waals surface area contributed by atoms with Gasteiger partial charge in [0.1, 0.15) is 5.75 Å². The zero-order valence-electron chi connectivity index (χ0n) is 17.3. The van der Waals surface area contributed by atoms with E-state index in [9.17, 15) is 14.4 Å². The van der Waals surface area contributed by atoms with E-state index in [1.54, 1.807) is 36.4 Å². The van der Waals surface area contributed by atoms with Crippen molar-refractivity contribution in [3.05, 3.63) is 90.0 Å². The minimum absolute atomic E-state index is 0.0250. The normalized spacial score (nSPS) is 10.2. The van der Waals surface area contributed by atoms with Gasteiger partial charge in [-0.15, -0.1) is 0 Å². The predicted octanol–water partition coefficient (Wildman–Crippen LogP) is 4.18. The zero-order chi connectivity index (χ0) is 22.1. The maximum Gasteiger partial charge on any atom is 0.269 e. The quantitative estimate of drug-likeness (QED) is 0.426. The highest BCUT2D eigenvalue weighted by Crippen LogP contribution is 2.20. The minimum atomic E-state index is -0.445. The third-order valence-electron chi connectivity index (χ3n) is 4.64. The number of Topliss-reactive ketones (excluding diaryl/α,β-unsaturated/α-hetero) is 1. The average Bonchev–Trinajstić information content (AvgIpc) is 2.82. The first-order valence-electron chi connectivity index (χ1n) is 10.1. The van der Waals surface area contributed by atoms with Crippen LogP contribution in [0.15, 0.2) is 78.9 Å². The van der Waals surface area contributed by atoms with E-state index in [1.165, 1.54) is 0 Å². The van der Waals surface area contributed by atoms with Crippen LogP contribution in [0.25, 0.3) is 11.1 Å². The minimum Gasteiger partial charge on any atom is -0.494 e. The Morgan fingerprint density at radius 1 is 0.710 bits per heavy atom. The molecule has 0 spiro atoms. The van der Waals surface area contributed by atoms with Crippen molar-refractivity contribution in [3.63, 3.8) is 0 Å². The molecule has 0 bridgehead atoms. The molecular weight excluding hydrogens is 392 g/mol. The van der Waals surface area contributed by atoms with Gasteiger partial charge in [-0.05, 0) is 42.3 Å². The summed E-state index contributed by atoms with van der Waals surface area (Å²) in [4.78, 5) is 36.5. The van der Waals surface area contributed by atoms with Crippen LogP contribution in [0.2, 0.25) is 0 Å². The number of ketones is 1. The number of hydrazine groups is 1. The van der Waals surface area contributed by atoms with E-state index in [0.717, 1.165) is 11.1 Å². The number of carbonyl (C=O) groups is 3. The average molecular weight is 416 g/mol. The largest absolute Gasteiger partial charge is 0.494 e. The first-order chi connectivity index (χ1) is 15.1. The molecule has 6 heteroatoms. The van der Waals surface area contributed by atoms with E-state index < -0.39 is 11.8 Å². The summed E-state index contributed by atoms with van der Waals surface area (Å²) in [5.74, 6) is -0.348. The third kappa shape index (κ3) is 6.27. The van der Waals surface area contributed by atoms with Gasteiger partial charge in [0, 0.05) is 24.0 Å². The second-order valence-electron chi connectivity index (χ2n) is 6.83. The van der Waals surface area contributed by atoms with Crippen LogP contribution in [0.1, 0.15) is 40.5 Å². The van der Waals surface area contributed by atoms with Crippen molar-refractivity contribution in [2.75, 3.05) is 6.61 Å². The Morgan fingerprint density at radius 2 is 1.32 bits per heavy atom. The molecule has 0 unspecified atom stereocenters. The second kappa shape index (κ2) is 10.7. The fraction of sp³-hybridized carbons (Fsp3) is 0.160. The van der Waals surface area contributed by atoms with Crippen molar-refractivity contribution >= 4 is 17.6 Å². The molecule has 0 atom stereocenters. The lowest BCUT2D eigenvalue weighted by Gasteiger charge is -2.08. The van der Waals surface area contributed by atoms with E-state index in [-0.39, 0.29) is 18.6 Å². The molecule has 0 heterocycles. The molecule has 0 saturated heterocycles. The van der Waals surface area contributed by atoms with Crippen LogP contribution in [0.5, 0.6) is 5.75 Å². The highest BCUT2D eigenvalue weighted by Gasteiger charge is 2.11. The first kappa shape index (κ1) is 21.8. The Bertz CT molecular complexity index is 1030. The smallest absolute Gasteiger partial charge is 0.269 e. The number of ether oxygens (including phenoxy) is 1. The van der Waals surface area contributed by atoms with Crippen LogP contribution in [0, 0.1) is 0 Å². The van der Waals surface area contributed by atoms with Gasteiger partial charge in [0.15, 0.2) is 5.78 Å². The number of carbonyl (C=O) groups excluding carboxylic acids is 3. The standard InChI is InChI=1S/C25H24N2O4/c1-2-31-22-14-12-21(13-15-22)25(30)27-26-24(29)17-16-23(28)20-10-8-19(9-11-20)18-6-4-3-5-7-18/h3-15H,2,16-17H2,1H3,(H,26,29)(H,27,30). The Kier molecular flexibility index (Phi) is 7.54. The number of rotatable bonds is 8. The molecule has 0 radical (unpaired) electrons. The highest BCUT2D eigenvalue weighted by molar-refractivity contribution is 5.99. The summed E-state index contributed by atoms with van der Waals surface area (Å²) in [5, 5.41) is 0. The number of hydrogen-bond donors (Lipinski definition) is 2. The molecule has 2 amide bonds. The van der Waals surface area contributed by atoms with Crippen LogP contribution in [-0.2, 0) is 4.79 Å². The van der Waals surface area contributed by atoms with Crippen molar-refractivity contribution in [2.45, 2.75) is 19.8 Å². The van der Waals surface area contributed by atoms with Crippen LogP contribution in [0.3, 0.4) is 0 Å². The molecular formula is C25H24N2O4. The molecule has 0 aliphatic heterocycles. The van der Waals surface area contributed by atoms with Crippen molar-refractivity contribution in [2.24, 2.45) is 0 Å². The Hall–Kier alpha value is -3.93. The van der Waals surface area contributed by atoms with Gasteiger partial charge in [-0.2, -0.15) is 0 Å². The van der Waals surface area contributed by atoms with Crippen molar-refractivity contribution in [1.82, 2.24) is 10.9 Å². The van der Waals surface area contributed by atoms with E-state index in [4.69, 9.17) is 4.74 Å². The fourth-order valence-corrected chi connectivity index (χ4v) is 2.98. The Morgan fingerprint density at radius 3 is 1.97 bits per heavy atom. The molecule has 0 aliphatic carbocycles. The maximum absolute atomic E-state index is 12.4. The van der Waals surface area contributed by atoms with Crippen LogP contribution < -0.4 is 15.6 Å². The second-order valence-corrected chi connectivity index (χ2v) is 6.83. The Balaban J connectivity index is 1.44. The summed E-state index contributed by atoms with van der Waals surface area (Å²) in [5.41, 5.74) is 7.71. The summed E-state index contributed by atoms with van der Waals surface area (Å²) < 4.78 is 5.33. The summed E-state index contributed by atoms with van der Waals surface area (Å²) >= 11 is 0. The van der Waals surface area contributed by atoms with E-state index in [2.05, 4.69) is 10.9 Å². The van der Waals surface area contributed by atoms with E-state index in [0.29, 0.717) is 23.5 Å². The molecule has 0 aliphatic rings. The molecule has 6 nitrogen and oxygen atoms in total. The predicted molar refractivity (Wildman–Crippen MR) is 119 cm³/mol. The number of amides is 2. The van der Waals surface area contributed by atoms with Gasteiger partial charge in [-0.3, -0.25) is 25.2 Å². The molecule has 0 fully saturated rings. The van der Waals surface area contributed by atoms with Crippen molar-refractivity contribution in [3.8, 4) is 16.9 Å². The zero-order valence-corrected chi connectivity index (χ0v) is 17.3. The summed E-state index contributed by atoms with van der Waals surface area (Å²) in [6, 6.07) is 23.8. The first-order valence-corrected chi connectivity index (χ1v) is 10.1. The van der Waals surface area contributed by atoms with Crippen LogP contribution in [0.4, 0.5) is 0 Å². The molecule has 2 N–H and O–H groups in total. The van der Waals surface area contributed by atoms with Gasteiger partial charge in [0.2, 0.25) is 5.91 Å². The lowest BCUT2D eigenvalue weighted by Crippen LogP contribution is -2.41. The van der Waals surface area contributed by atoms with Crippen LogP contribution >= 0.6 is 0 Å². The van der Waals surface area contributed by atoms with Gasteiger partial charge in [0.05, 0.1) is 6.61 Å². The fourth-order valence-electron chi connectivity index (χ4n) is 2.98. The molecule has 0 saturated carbocycles. The van der Waals surface area contributed by atoms with Gasteiger partial charge in [-0.25, -0.2) is 0 Å². The van der Waals surface area contributed by atoms with Crippen molar-refractivity contribution < 1.29 is 19.1 Å². The molecule has 3 aromatic carbocycles. The highest BCUT2D eigenvalue weighted by atomic mass is 16.5. The topological polar surface area (TPSA) is 84.5 Å². The SMILES string of the molecule is CCOc1ccc(C(=O)NNC(=O)CCC(=O)c2ccc(-c3ccccc3)cc2)cc1. The Labute approximate surface area is 181 Å². The maximum atomic E-state index is 12.4. The number of hydrogen-bond acceptors (Lipinski definition) is 4. The lowest BCUT2D eigenvalue weighted by molar-refractivity contribution is -0.121. The van der Waals surface area contributed by atoms with E-state index in [1.807, 2.05) is 49.4 Å². The third-order valence-corrected chi connectivity index (χ3v) is 4.64. The molecule has 31 heavy (non-hydrogen) atoms. The summed E-state index contributed by atoms with van der Waals surface area (Å²) in [6.07, 6.45) is 0.0261. The summed E-state index contributed by atoms with van der Waals surface area (Å²) in [6.45, 7) is 2.41. The lowest BCUT2D eigenvalue weighted by atomic mass is 10.0. The molecule has 158 valence electrons. The van der Waals surface area contributed by atoms with E-state index >= 15 is 0 Å². The van der Waals surface area contributed by atoms with Gasteiger partial charge in [-0.1, -0.05) is 54.6 Å². The van der Waals surface area contributed by atoms with Crippen molar-refractivity contribution in [1.29, 1.82) is 0 Å². The number of nitrogens with one attached hydrogen (secondary N) is 2. The van der Waals surface area contributed by atoms with Gasteiger partial charge >= 0.3 is 0 Å². The summed E-state index contributed by atoms with van der Waals surface area (Å²) in [7, 11) is 0. The number of benzene rings is 3.